The van der Waals surface area contributed by atoms with Crippen molar-refractivity contribution < 1.29 is 9.90 Å². The van der Waals surface area contributed by atoms with Gasteiger partial charge in [-0.25, -0.2) is 0 Å². The Morgan fingerprint density at radius 2 is 2.18 bits per heavy atom. The molecular formula is C15H17Cl2N3O2. The SMILES string of the molecule is O=C1Cc2c([nH]c3c(Cl)c(Cl)cc(NCCCO)c23)CCN1. The van der Waals surface area contributed by atoms with Crippen LogP contribution < -0.4 is 10.6 Å². The maximum Gasteiger partial charge on any atom is 0.224 e. The summed E-state index contributed by atoms with van der Waals surface area (Å²) in [6.07, 6.45) is 1.69. The Hall–Kier alpha value is -1.43. The molecule has 0 spiro atoms. The Kier molecular flexibility index (Phi) is 4.47. The lowest BCUT2D eigenvalue weighted by Gasteiger charge is -2.11. The number of benzene rings is 1. The Morgan fingerprint density at radius 1 is 1.36 bits per heavy atom. The van der Waals surface area contributed by atoms with Crippen LogP contribution in [0.2, 0.25) is 10.0 Å². The third kappa shape index (κ3) is 2.76. The number of aromatic amines is 1. The molecule has 1 aromatic carbocycles. The molecule has 0 saturated heterocycles. The van der Waals surface area contributed by atoms with Gasteiger partial charge in [0.25, 0.3) is 0 Å². The zero-order valence-electron chi connectivity index (χ0n) is 11.9. The van der Waals surface area contributed by atoms with Crippen molar-refractivity contribution in [2.45, 2.75) is 19.3 Å². The van der Waals surface area contributed by atoms with Crippen LogP contribution in [0.4, 0.5) is 5.69 Å². The van der Waals surface area contributed by atoms with Crippen molar-refractivity contribution in [3.63, 3.8) is 0 Å². The molecule has 1 aliphatic rings. The number of carbonyl (C=O) groups excluding carboxylic acids is 1. The molecule has 0 aliphatic carbocycles. The summed E-state index contributed by atoms with van der Waals surface area (Å²) in [7, 11) is 0. The summed E-state index contributed by atoms with van der Waals surface area (Å²) in [5.41, 5.74) is 3.59. The van der Waals surface area contributed by atoms with E-state index in [1.54, 1.807) is 6.07 Å². The minimum absolute atomic E-state index is 0.00651. The molecule has 118 valence electrons. The average molecular weight is 342 g/mol. The van der Waals surface area contributed by atoms with Gasteiger partial charge in [0.15, 0.2) is 0 Å². The van der Waals surface area contributed by atoms with Crippen molar-refractivity contribution in [3.05, 3.63) is 27.4 Å². The molecule has 0 radical (unpaired) electrons. The van der Waals surface area contributed by atoms with Crippen LogP contribution >= 0.6 is 23.2 Å². The second kappa shape index (κ2) is 6.36. The van der Waals surface area contributed by atoms with Gasteiger partial charge in [-0.1, -0.05) is 23.2 Å². The Labute approximate surface area is 138 Å². The third-order valence-corrected chi connectivity index (χ3v) is 4.63. The molecule has 1 aliphatic heterocycles. The van der Waals surface area contributed by atoms with E-state index in [1.807, 2.05) is 0 Å². The number of rotatable bonds is 4. The van der Waals surface area contributed by atoms with Gasteiger partial charge >= 0.3 is 0 Å². The zero-order chi connectivity index (χ0) is 15.7. The van der Waals surface area contributed by atoms with E-state index in [2.05, 4.69) is 15.6 Å². The summed E-state index contributed by atoms with van der Waals surface area (Å²) >= 11 is 12.5. The van der Waals surface area contributed by atoms with Crippen LogP contribution in [0.15, 0.2) is 6.07 Å². The van der Waals surface area contributed by atoms with Crippen LogP contribution in [-0.2, 0) is 17.6 Å². The van der Waals surface area contributed by atoms with Crippen molar-refractivity contribution in [2.75, 3.05) is 25.0 Å². The van der Waals surface area contributed by atoms with E-state index < -0.39 is 0 Å². The highest BCUT2D eigenvalue weighted by Crippen LogP contribution is 2.39. The lowest BCUT2D eigenvalue weighted by atomic mass is 10.0. The standard InChI is InChI=1S/C15H17Cl2N3O2/c16-9-7-11(18-3-1-5-21)13-8-6-12(22)19-4-2-10(8)20-15(13)14(9)17/h7,18,20-21H,1-6H2,(H,19,22). The van der Waals surface area contributed by atoms with Gasteiger partial charge < -0.3 is 20.7 Å². The number of fused-ring (bicyclic) bond motifs is 3. The first-order valence-electron chi connectivity index (χ1n) is 7.24. The van der Waals surface area contributed by atoms with Crippen molar-refractivity contribution in [1.29, 1.82) is 0 Å². The highest BCUT2D eigenvalue weighted by Gasteiger charge is 2.22. The number of aliphatic hydroxyl groups excluding tert-OH is 1. The molecular weight excluding hydrogens is 325 g/mol. The lowest BCUT2D eigenvalue weighted by Crippen LogP contribution is -2.24. The maximum atomic E-state index is 11.9. The molecule has 2 aromatic rings. The molecule has 0 unspecified atom stereocenters. The van der Waals surface area contributed by atoms with E-state index >= 15 is 0 Å². The number of nitrogens with one attached hydrogen (secondary N) is 3. The van der Waals surface area contributed by atoms with E-state index in [0.717, 1.165) is 34.3 Å². The number of aliphatic hydroxyl groups is 1. The second-order valence-corrected chi connectivity index (χ2v) is 6.12. The maximum absolute atomic E-state index is 11.9. The predicted octanol–water partition coefficient (Wildman–Crippen LogP) is 2.48. The van der Waals surface area contributed by atoms with E-state index in [9.17, 15) is 4.79 Å². The van der Waals surface area contributed by atoms with Gasteiger partial charge in [-0.05, 0) is 18.1 Å². The molecule has 2 heterocycles. The number of hydrogen-bond acceptors (Lipinski definition) is 3. The molecule has 3 rings (SSSR count). The topological polar surface area (TPSA) is 77.2 Å². The van der Waals surface area contributed by atoms with E-state index in [1.165, 1.54) is 0 Å². The molecule has 0 saturated carbocycles. The largest absolute Gasteiger partial charge is 0.396 e. The number of anilines is 1. The van der Waals surface area contributed by atoms with Gasteiger partial charge in [0.05, 0.1) is 22.0 Å². The number of H-pyrrole nitrogens is 1. The summed E-state index contributed by atoms with van der Waals surface area (Å²) in [4.78, 5) is 15.2. The zero-order valence-corrected chi connectivity index (χ0v) is 13.4. The lowest BCUT2D eigenvalue weighted by molar-refractivity contribution is -0.120. The normalized spacial score (nSPS) is 14.6. The molecule has 0 fully saturated rings. The van der Waals surface area contributed by atoms with Crippen molar-refractivity contribution in [1.82, 2.24) is 10.3 Å². The van der Waals surface area contributed by atoms with Crippen LogP contribution in [0.1, 0.15) is 17.7 Å². The van der Waals surface area contributed by atoms with Crippen LogP contribution in [-0.4, -0.2) is 35.7 Å². The van der Waals surface area contributed by atoms with Crippen LogP contribution in [0, 0.1) is 0 Å². The smallest absolute Gasteiger partial charge is 0.224 e. The van der Waals surface area contributed by atoms with Gasteiger partial charge in [0.2, 0.25) is 5.91 Å². The highest BCUT2D eigenvalue weighted by molar-refractivity contribution is 6.45. The van der Waals surface area contributed by atoms with Crippen molar-refractivity contribution in [3.8, 4) is 0 Å². The van der Waals surface area contributed by atoms with Crippen LogP contribution in [0.25, 0.3) is 10.9 Å². The fourth-order valence-electron chi connectivity index (χ4n) is 2.83. The van der Waals surface area contributed by atoms with Gasteiger partial charge in [0.1, 0.15) is 0 Å². The first-order valence-corrected chi connectivity index (χ1v) is 8.00. The highest BCUT2D eigenvalue weighted by atomic mass is 35.5. The molecule has 5 nitrogen and oxygen atoms in total. The molecule has 4 N–H and O–H groups in total. The first-order chi connectivity index (χ1) is 10.6. The average Bonchev–Trinajstić information content (AvgIpc) is 2.73. The van der Waals surface area contributed by atoms with E-state index in [0.29, 0.717) is 36.0 Å². The van der Waals surface area contributed by atoms with Gasteiger partial charge in [-0.15, -0.1) is 0 Å². The molecule has 0 bridgehead atoms. The molecule has 0 atom stereocenters. The minimum Gasteiger partial charge on any atom is -0.396 e. The number of halogens is 2. The fourth-order valence-corrected chi connectivity index (χ4v) is 3.23. The first kappa shape index (κ1) is 15.5. The Bertz CT molecular complexity index is 727. The number of amides is 1. The monoisotopic (exact) mass is 341 g/mol. The van der Waals surface area contributed by atoms with Gasteiger partial charge in [-0.3, -0.25) is 4.79 Å². The van der Waals surface area contributed by atoms with Crippen molar-refractivity contribution in [2.24, 2.45) is 0 Å². The summed E-state index contributed by atoms with van der Waals surface area (Å²) in [5, 5.41) is 16.9. The summed E-state index contributed by atoms with van der Waals surface area (Å²) in [6.45, 7) is 1.35. The third-order valence-electron chi connectivity index (χ3n) is 3.85. The number of hydrogen-bond donors (Lipinski definition) is 4. The van der Waals surface area contributed by atoms with Crippen LogP contribution in [0.5, 0.6) is 0 Å². The summed E-state index contributed by atoms with van der Waals surface area (Å²) < 4.78 is 0. The van der Waals surface area contributed by atoms with Crippen molar-refractivity contribution >= 4 is 45.7 Å². The fraction of sp³-hybridized carbons (Fsp3) is 0.400. The second-order valence-electron chi connectivity index (χ2n) is 5.33. The van der Waals surface area contributed by atoms with Gasteiger partial charge in [-0.2, -0.15) is 0 Å². The number of carbonyl (C=O) groups is 1. The summed E-state index contributed by atoms with van der Waals surface area (Å²) in [6, 6.07) is 1.78. The Morgan fingerprint density at radius 3 is 2.95 bits per heavy atom. The van der Waals surface area contributed by atoms with E-state index in [4.69, 9.17) is 28.3 Å². The quantitative estimate of drug-likeness (QED) is 0.645. The van der Waals surface area contributed by atoms with E-state index in [-0.39, 0.29) is 12.5 Å². The Balaban J connectivity index is 2.15. The molecule has 1 amide bonds. The summed E-state index contributed by atoms with van der Waals surface area (Å²) in [5.74, 6) is 0.00651. The number of aromatic nitrogens is 1. The molecule has 7 heteroatoms. The molecule has 1 aromatic heterocycles. The predicted molar refractivity (Wildman–Crippen MR) is 88.9 cm³/mol. The van der Waals surface area contributed by atoms with Crippen LogP contribution in [0.3, 0.4) is 0 Å². The van der Waals surface area contributed by atoms with Gasteiger partial charge in [0, 0.05) is 42.9 Å². The molecule has 22 heavy (non-hydrogen) atoms. The minimum atomic E-state index is 0.00651.